The van der Waals surface area contributed by atoms with Crippen LogP contribution in [-0.2, 0) is 14.8 Å². The van der Waals surface area contributed by atoms with Gasteiger partial charge in [0.15, 0.2) is 0 Å². The fourth-order valence-electron chi connectivity index (χ4n) is 4.58. The Morgan fingerprint density at radius 2 is 1.64 bits per heavy atom. The predicted molar refractivity (Wildman–Crippen MR) is 124 cm³/mol. The summed E-state index contributed by atoms with van der Waals surface area (Å²) in [6.45, 7) is 3.39. The summed E-state index contributed by atoms with van der Waals surface area (Å²) in [5.41, 5.74) is 1.11. The lowest BCUT2D eigenvalue weighted by Gasteiger charge is -2.33. The van der Waals surface area contributed by atoms with E-state index in [1.807, 2.05) is 29.2 Å². The Morgan fingerprint density at radius 1 is 0.939 bits per heavy atom. The molecule has 2 aromatic rings. The number of carbonyl (C=O) groups excluding carboxylic acids is 1. The van der Waals surface area contributed by atoms with E-state index < -0.39 is 15.8 Å². The number of ether oxygens (including phenoxy) is 1. The molecule has 2 heterocycles. The van der Waals surface area contributed by atoms with Gasteiger partial charge in [-0.1, -0.05) is 12.1 Å². The maximum Gasteiger partial charge on any atom is 0.245 e. The van der Waals surface area contributed by atoms with Gasteiger partial charge in [0.2, 0.25) is 15.9 Å². The number of nitrogens with zero attached hydrogens (tertiary/aromatic N) is 3. The zero-order valence-corrected chi connectivity index (χ0v) is 19.6. The van der Waals surface area contributed by atoms with Crippen LogP contribution < -0.4 is 9.64 Å². The van der Waals surface area contributed by atoms with Crippen molar-refractivity contribution in [1.82, 2.24) is 9.21 Å². The van der Waals surface area contributed by atoms with Gasteiger partial charge in [-0.25, -0.2) is 12.8 Å². The summed E-state index contributed by atoms with van der Waals surface area (Å²) in [6.07, 6.45) is 1.77. The number of hydrogen-bond acceptors (Lipinski definition) is 5. The van der Waals surface area contributed by atoms with E-state index in [9.17, 15) is 17.6 Å². The Labute approximate surface area is 194 Å². The second-order valence-electron chi connectivity index (χ2n) is 8.47. The Hall–Kier alpha value is -2.65. The normalized spacial score (nSPS) is 18.7. The van der Waals surface area contributed by atoms with E-state index >= 15 is 0 Å². The highest BCUT2D eigenvalue weighted by molar-refractivity contribution is 7.89. The Morgan fingerprint density at radius 3 is 2.30 bits per heavy atom. The summed E-state index contributed by atoms with van der Waals surface area (Å²) in [6, 6.07) is 13.4. The molecule has 0 aliphatic carbocycles. The lowest BCUT2D eigenvalue weighted by molar-refractivity contribution is -0.136. The van der Waals surface area contributed by atoms with Crippen molar-refractivity contribution in [3.8, 4) is 5.75 Å². The largest absolute Gasteiger partial charge is 0.497 e. The minimum absolute atomic E-state index is 0.0921. The molecule has 0 atom stereocenters. The van der Waals surface area contributed by atoms with E-state index in [2.05, 4.69) is 4.90 Å². The highest BCUT2D eigenvalue weighted by atomic mass is 32.2. The molecule has 0 N–H and O–H groups in total. The van der Waals surface area contributed by atoms with Gasteiger partial charge < -0.3 is 14.5 Å². The van der Waals surface area contributed by atoms with Gasteiger partial charge in [0.1, 0.15) is 16.5 Å². The van der Waals surface area contributed by atoms with Crippen molar-refractivity contribution in [3.63, 3.8) is 0 Å². The molecule has 7 nitrogen and oxygen atoms in total. The van der Waals surface area contributed by atoms with Gasteiger partial charge in [0, 0.05) is 50.9 Å². The topological polar surface area (TPSA) is 70.2 Å². The van der Waals surface area contributed by atoms with Crippen molar-refractivity contribution in [3.05, 3.63) is 54.3 Å². The second kappa shape index (κ2) is 10.1. The van der Waals surface area contributed by atoms with Crippen molar-refractivity contribution in [1.29, 1.82) is 0 Å². The first-order valence-electron chi connectivity index (χ1n) is 11.3. The van der Waals surface area contributed by atoms with Gasteiger partial charge in [-0.3, -0.25) is 4.79 Å². The van der Waals surface area contributed by atoms with E-state index in [4.69, 9.17) is 4.74 Å². The van der Waals surface area contributed by atoms with Gasteiger partial charge >= 0.3 is 0 Å². The molecule has 2 saturated heterocycles. The van der Waals surface area contributed by atoms with Gasteiger partial charge in [-0.15, -0.1) is 0 Å². The van der Waals surface area contributed by atoms with Crippen LogP contribution in [0, 0.1) is 11.7 Å². The van der Waals surface area contributed by atoms with E-state index in [-0.39, 0.29) is 29.8 Å². The van der Waals surface area contributed by atoms with Gasteiger partial charge in [-0.2, -0.15) is 4.31 Å². The van der Waals surface area contributed by atoms with Crippen molar-refractivity contribution in [2.24, 2.45) is 5.92 Å². The van der Waals surface area contributed by atoms with E-state index in [0.29, 0.717) is 25.9 Å². The summed E-state index contributed by atoms with van der Waals surface area (Å²) in [7, 11) is -2.25. The van der Waals surface area contributed by atoms with Crippen LogP contribution in [0.1, 0.15) is 19.3 Å². The SMILES string of the molecule is COc1ccc(N2CCCN(C(=O)C3CCN(S(=O)(=O)c4ccccc4F)CC3)CC2)cc1. The number of methoxy groups -OCH3 is 1. The molecule has 2 aliphatic rings. The summed E-state index contributed by atoms with van der Waals surface area (Å²) < 4.78 is 46.2. The third-order valence-electron chi connectivity index (χ3n) is 6.50. The molecule has 4 rings (SSSR count). The molecule has 9 heteroatoms. The van der Waals surface area contributed by atoms with Crippen LogP contribution in [0.2, 0.25) is 0 Å². The number of amides is 1. The molecule has 0 spiro atoms. The highest BCUT2D eigenvalue weighted by Gasteiger charge is 2.35. The van der Waals surface area contributed by atoms with Gasteiger partial charge in [0.25, 0.3) is 0 Å². The molecular weight excluding hydrogens is 445 g/mol. The Kier molecular flexibility index (Phi) is 7.19. The molecule has 0 aromatic heterocycles. The van der Waals surface area contributed by atoms with Crippen LogP contribution in [0.15, 0.2) is 53.4 Å². The smallest absolute Gasteiger partial charge is 0.245 e. The molecule has 0 radical (unpaired) electrons. The van der Waals surface area contributed by atoms with Crippen molar-refractivity contribution in [2.45, 2.75) is 24.2 Å². The Balaban J connectivity index is 1.33. The molecule has 0 saturated carbocycles. The van der Waals surface area contributed by atoms with Crippen molar-refractivity contribution >= 4 is 21.6 Å². The minimum Gasteiger partial charge on any atom is -0.497 e. The number of benzene rings is 2. The van der Waals surface area contributed by atoms with E-state index in [1.54, 1.807) is 7.11 Å². The van der Waals surface area contributed by atoms with Crippen LogP contribution in [0.3, 0.4) is 0 Å². The standard InChI is InChI=1S/C24H30FN3O4S/c1-32-21-9-7-20(8-10-21)26-13-4-14-27(18-17-26)24(29)19-11-15-28(16-12-19)33(30,31)23-6-3-2-5-22(23)25/h2-3,5-10,19H,4,11-18H2,1H3. The van der Waals surface area contributed by atoms with Crippen LogP contribution in [-0.4, -0.2) is 69.9 Å². The lowest BCUT2D eigenvalue weighted by Crippen LogP contribution is -2.45. The molecule has 33 heavy (non-hydrogen) atoms. The van der Waals surface area contributed by atoms with Gasteiger partial charge in [0.05, 0.1) is 7.11 Å². The Bertz CT molecular complexity index is 1070. The first kappa shape index (κ1) is 23.5. The number of piperidine rings is 1. The molecule has 2 aromatic carbocycles. The first-order valence-corrected chi connectivity index (χ1v) is 12.8. The molecule has 2 fully saturated rings. The molecule has 178 valence electrons. The summed E-state index contributed by atoms with van der Waals surface area (Å²) in [4.78, 5) is 17.1. The van der Waals surface area contributed by atoms with Crippen LogP contribution in [0.5, 0.6) is 5.75 Å². The van der Waals surface area contributed by atoms with Crippen molar-refractivity contribution in [2.75, 3.05) is 51.3 Å². The lowest BCUT2D eigenvalue weighted by atomic mass is 9.96. The van der Waals surface area contributed by atoms with Gasteiger partial charge in [-0.05, 0) is 55.7 Å². The molecule has 0 bridgehead atoms. The summed E-state index contributed by atoms with van der Waals surface area (Å²) in [5, 5.41) is 0. The zero-order valence-electron chi connectivity index (χ0n) is 18.8. The summed E-state index contributed by atoms with van der Waals surface area (Å²) >= 11 is 0. The predicted octanol–water partition coefficient (Wildman–Crippen LogP) is 2.97. The fraction of sp³-hybridized carbons (Fsp3) is 0.458. The minimum atomic E-state index is -3.90. The van der Waals surface area contributed by atoms with E-state index in [0.717, 1.165) is 37.0 Å². The number of sulfonamides is 1. The second-order valence-corrected chi connectivity index (χ2v) is 10.4. The maximum atomic E-state index is 14.0. The monoisotopic (exact) mass is 475 g/mol. The number of anilines is 1. The molecule has 0 unspecified atom stereocenters. The number of halogens is 1. The third kappa shape index (κ3) is 5.14. The highest BCUT2D eigenvalue weighted by Crippen LogP contribution is 2.27. The third-order valence-corrected chi connectivity index (χ3v) is 8.43. The number of rotatable bonds is 5. The molecule has 2 aliphatic heterocycles. The number of carbonyl (C=O) groups is 1. The number of hydrogen-bond donors (Lipinski definition) is 0. The van der Waals surface area contributed by atoms with Crippen molar-refractivity contribution < 1.29 is 22.3 Å². The molecule has 1 amide bonds. The molecular formula is C24H30FN3O4S. The summed E-state index contributed by atoms with van der Waals surface area (Å²) in [5.74, 6) is -0.0467. The quantitative estimate of drug-likeness (QED) is 0.665. The van der Waals surface area contributed by atoms with Crippen LogP contribution >= 0.6 is 0 Å². The average molecular weight is 476 g/mol. The van der Waals surface area contributed by atoms with Crippen LogP contribution in [0.4, 0.5) is 10.1 Å². The zero-order chi connectivity index (χ0) is 23.4. The van der Waals surface area contributed by atoms with E-state index in [1.165, 1.54) is 22.5 Å². The fourth-order valence-corrected chi connectivity index (χ4v) is 6.12. The first-order chi connectivity index (χ1) is 15.9. The maximum absolute atomic E-state index is 14.0. The average Bonchev–Trinajstić information content (AvgIpc) is 3.10. The van der Waals surface area contributed by atoms with Crippen LogP contribution in [0.25, 0.3) is 0 Å².